The molecule has 0 aromatic heterocycles. The molecule has 0 heterocycles. The number of aryl methyl sites for hydroxylation is 1. The van der Waals surface area contributed by atoms with E-state index < -0.39 is 5.41 Å². The number of benzene rings is 1. The molecule has 0 amide bonds. The average Bonchev–Trinajstić information content (AvgIpc) is 2.69. The van der Waals surface area contributed by atoms with Crippen LogP contribution in [0.15, 0.2) is 12.1 Å². The van der Waals surface area contributed by atoms with Crippen molar-refractivity contribution in [2.75, 3.05) is 14.2 Å². The topological polar surface area (TPSA) is 52.6 Å². The number of hydrogen-bond donors (Lipinski definition) is 0. The largest absolute Gasteiger partial charge is 0.469 e. The lowest BCUT2D eigenvalue weighted by Gasteiger charge is -2.37. The number of methoxy groups -OCH3 is 2. The highest BCUT2D eigenvalue weighted by Gasteiger charge is 2.44. The molecule has 0 saturated heterocycles. The molecule has 28 heavy (non-hydrogen) atoms. The Morgan fingerprint density at radius 3 is 2.46 bits per heavy atom. The average molecular weight is 405 g/mol. The van der Waals surface area contributed by atoms with Crippen molar-refractivity contribution < 1.29 is 19.1 Å². The Labute approximate surface area is 172 Å². The molecule has 5 heteroatoms. The van der Waals surface area contributed by atoms with E-state index in [0.29, 0.717) is 17.9 Å². The van der Waals surface area contributed by atoms with Crippen LogP contribution in [0.5, 0.6) is 0 Å². The van der Waals surface area contributed by atoms with Crippen LogP contribution in [-0.4, -0.2) is 32.1 Å². The number of ketones is 1. The SMILES string of the molecule is CC#Cc1cc(Cl)c(CC(=O)CC2(C(=O)OC)CCC(OC)CC2)c(CC)c1. The lowest BCUT2D eigenvalue weighted by Crippen LogP contribution is -2.40. The molecule has 0 atom stereocenters. The van der Waals surface area contributed by atoms with Gasteiger partial charge in [-0.3, -0.25) is 9.59 Å². The van der Waals surface area contributed by atoms with Gasteiger partial charge < -0.3 is 9.47 Å². The van der Waals surface area contributed by atoms with Gasteiger partial charge in [-0.2, -0.15) is 0 Å². The van der Waals surface area contributed by atoms with Gasteiger partial charge in [0.15, 0.2) is 0 Å². The summed E-state index contributed by atoms with van der Waals surface area (Å²) in [6, 6.07) is 3.80. The summed E-state index contributed by atoms with van der Waals surface area (Å²) in [5.41, 5.74) is 1.95. The van der Waals surface area contributed by atoms with Gasteiger partial charge >= 0.3 is 5.97 Å². The highest BCUT2D eigenvalue weighted by atomic mass is 35.5. The number of rotatable bonds is 7. The van der Waals surface area contributed by atoms with Crippen LogP contribution in [0.2, 0.25) is 5.02 Å². The van der Waals surface area contributed by atoms with Gasteiger partial charge in [0, 0.05) is 30.5 Å². The fourth-order valence-corrected chi connectivity index (χ4v) is 4.42. The molecule has 152 valence electrons. The summed E-state index contributed by atoms with van der Waals surface area (Å²) < 4.78 is 10.5. The van der Waals surface area contributed by atoms with Crippen molar-refractivity contribution in [2.45, 2.75) is 64.9 Å². The molecule has 0 N–H and O–H groups in total. The van der Waals surface area contributed by atoms with E-state index in [9.17, 15) is 9.59 Å². The first-order valence-electron chi connectivity index (χ1n) is 9.76. The Morgan fingerprint density at radius 2 is 1.93 bits per heavy atom. The number of ether oxygens (including phenoxy) is 2. The van der Waals surface area contributed by atoms with Crippen molar-refractivity contribution >= 4 is 23.4 Å². The molecular weight excluding hydrogens is 376 g/mol. The number of Topliss-reactive ketones (excluding diaryl/α,β-unsaturated/α-hetero) is 1. The van der Waals surface area contributed by atoms with Crippen LogP contribution in [-0.2, 0) is 31.9 Å². The first-order chi connectivity index (χ1) is 13.4. The Hall–Kier alpha value is -1.83. The zero-order chi connectivity index (χ0) is 20.7. The summed E-state index contributed by atoms with van der Waals surface area (Å²) >= 11 is 6.47. The van der Waals surface area contributed by atoms with Crippen molar-refractivity contribution in [1.82, 2.24) is 0 Å². The minimum Gasteiger partial charge on any atom is -0.469 e. The molecule has 2 rings (SSSR count). The molecule has 0 unspecified atom stereocenters. The van der Waals surface area contributed by atoms with Crippen LogP contribution in [0.1, 0.15) is 62.6 Å². The highest BCUT2D eigenvalue weighted by molar-refractivity contribution is 6.31. The van der Waals surface area contributed by atoms with Crippen LogP contribution in [0.4, 0.5) is 0 Å². The smallest absolute Gasteiger partial charge is 0.312 e. The van der Waals surface area contributed by atoms with Gasteiger partial charge in [-0.15, -0.1) is 5.92 Å². The highest BCUT2D eigenvalue weighted by Crippen LogP contribution is 2.42. The van der Waals surface area contributed by atoms with E-state index in [2.05, 4.69) is 11.8 Å². The Morgan fingerprint density at radius 1 is 1.25 bits per heavy atom. The van der Waals surface area contributed by atoms with Crippen LogP contribution in [0.25, 0.3) is 0 Å². The second-order valence-electron chi connectivity index (χ2n) is 7.42. The normalized spacial score (nSPS) is 21.5. The predicted octanol–water partition coefficient (Wildman–Crippen LogP) is 4.52. The van der Waals surface area contributed by atoms with E-state index in [1.807, 2.05) is 13.0 Å². The van der Waals surface area contributed by atoms with E-state index in [1.54, 1.807) is 20.1 Å². The third-order valence-corrected chi connectivity index (χ3v) is 6.03. The second-order valence-corrected chi connectivity index (χ2v) is 7.83. The number of carbonyl (C=O) groups excluding carboxylic acids is 2. The number of hydrogen-bond acceptors (Lipinski definition) is 4. The molecular formula is C23H29ClO4. The Kier molecular flexibility index (Phi) is 8.10. The molecule has 0 spiro atoms. The molecule has 0 radical (unpaired) electrons. The fourth-order valence-electron chi connectivity index (χ4n) is 4.11. The van der Waals surface area contributed by atoms with Crippen LogP contribution >= 0.6 is 11.6 Å². The zero-order valence-electron chi connectivity index (χ0n) is 17.2. The van der Waals surface area contributed by atoms with Crippen LogP contribution in [0, 0.1) is 17.3 Å². The van der Waals surface area contributed by atoms with E-state index in [0.717, 1.165) is 36.0 Å². The summed E-state index contributed by atoms with van der Waals surface area (Å²) in [5, 5.41) is 0.556. The van der Waals surface area contributed by atoms with Gasteiger partial charge in [0.2, 0.25) is 0 Å². The zero-order valence-corrected chi connectivity index (χ0v) is 17.9. The molecule has 4 nitrogen and oxygen atoms in total. The predicted molar refractivity (Wildman–Crippen MR) is 110 cm³/mol. The second kappa shape index (κ2) is 10.1. The molecule has 1 aliphatic rings. The number of carbonyl (C=O) groups is 2. The summed E-state index contributed by atoms with van der Waals surface area (Å²) in [7, 11) is 3.07. The molecule has 1 aliphatic carbocycles. The summed E-state index contributed by atoms with van der Waals surface area (Å²) in [6.45, 7) is 3.81. The standard InChI is InChI=1S/C23H29ClO4/c1-5-7-16-12-17(6-2)20(21(24)13-16)14-18(25)15-23(22(26)28-4)10-8-19(27-3)9-11-23/h12-13,19H,6,8-11,14-15H2,1-4H3. The maximum Gasteiger partial charge on any atom is 0.312 e. The monoisotopic (exact) mass is 404 g/mol. The third-order valence-electron chi connectivity index (χ3n) is 5.69. The molecule has 1 aromatic carbocycles. The van der Waals surface area contributed by atoms with Crippen molar-refractivity contribution in [3.8, 4) is 11.8 Å². The Bertz CT molecular complexity index is 780. The third kappa shape index (κ3) is 5.16. The summed E-state index contributed by atoms with van der Waals surface area (Å²) in [6.07, 6.45) is 4.00. The number of halogens is 1. The fraction of sp³-hybridized carbons (Fsp3) is 0.565. The Balaban J connectivity index is 2.21. The molecule has 1 aromatic rings. The van der Waals surface area contributed by atoms with E-state index in [1.165, 1.54) is 7.11 Å². The first kappa shape index (κ1) is 22.5. The van der Waals surface area contributed by atoms with Gasteiger partial charge in [0.05, 0.1) is 18.6 Å². The van der Waals surface area contributed by atoms with Crippen molar-refractivity contribution in [3.05, 3.63) is 33.8 Å². The van der Waals surface area contributed by atoms with Crippen molar-refractivity contribution in [3.63, 3.8) is 0 Å². The summed E-state index contributed by atoms with van der Waals surface area (Å²) in [5.74, 6) is 5.59. The summed E-state index contributed by atoms with van der Waals surface area (Å²) in [4.78, 5) is 25.5. The minimum absolute atomic E-state index is 0.00666. The van der Waals surface area contributed by atoms with Gasteiger partial charge in [-0.25, -0.2) is 0 Å². The molecule has 0 aliphatic heterocycles. The maximum absolute atomic E-state index is 13.0. The quantitative estimate of drug-likeness (QED) is 0.495. The van der Waals surface area contributed by atoms with Crippen molar-refractivity contribution in [2.24, 2.45) is 5.41 Å². The van der Waals surface area contributed by atoms with E-state index in [4.69, 9.17) is 21.1 Å². The van der Waals surface area contributed by atoms with Crippen LogP contribution in [0.3, 0.4) is 0 Å². The van der Waals surface area contributed by atoms with E-state index >= 15 is 0 Å². The minimum atomic E-state index is -0.757. The lowest BCUT2D eigenvalue weighted by atomic mass is 9.69. The van der Waals surface area contributed by atoms with Crippen molar-refractivity contribution in [1.29, 1.82) is 0 Å². The maximum atomic E-state index is 13.0. The van der Waals surface area contributed by atoms with Gasteiger partial charge in [0.1, 0.15) is 5.78 Å². The number of esters is 1. The van der Waals surface area contributed by atoms with Gasteiger partial charge in [-0.05, 0) is 62.3 Å². The molecule has 1 saturated carbocycles. The first-order valence-corrected chi connectivity index (χ1v) is 10.1. The van der Waals surface area contributed by atoms with E-state index in [-0.39, 0.29) is 30.7 Å². The lowest BCUT2D eigenvalue weighted by molar-refractivity contribution is -0.159. The molecule has 1 fully saturated rings. The van der Waals surface area contributed by atoms with Gasteiger partial charge in [-0.1, -0.05) is 24.4 Å². The molecule has 0 bridgehead atoms. The van der Waals surface area contributed by atoms with Gasteiger partial charge in [0.25, 0.3) is 0 Å². The van der Waals surface area contributed by atoms with Crippen LogP contribution < -0.4 is 0 Å².